The van der Waals surface area contributed by atoms with Crippen molar-refractivity contribution in [1.29, 1.82) is 0 Å². The Morgan fingerprint density at radius 3 is 2.71 bits per heavy atom. The highest BCUT2D eigenvalue weighted by atomic mass is 35.5. The number of carbonyl (C=O) groups excluding carboxylic acids is 3. The molecular formula is C24H26ClN3O7S3. The third-order valence-electron chi connectivity index (χ3n) is 5.79. The number of rotatable bonds is 10. The predicted molar refractivity (Wildman–Crippen MR) is 147 cm³/mol. The number of thiophene rings is 1. The number of amides is 2. The molecule has 10 nitrogen and oxygen atoms in total. The van der Waals surface area contributed by atoms with Crippen molar-refractivity contribution < 1.29 is 32.3 Å². The van der Waals surface area contributed by atoms with E-state index in [1.54, 1.807) is 22.8 Å². The maximum Gasteiger partial charge on any atom is 0.341 e. The summed E-state index contributed by atoms with van der Waals surface area (Å²) in [6.07, 6.45) is 2.37. The van der Waals surface area contributed by atoms with Gasteiger partial charge in [0.1, 0.15) is 16.5 Å². The average molecular weight is 600 g/mol. The van der Waals surface area contributed by atoms with E-state index in [1.807, 2.05) is 6.92 Å². The van der Waals surface area contributed by atoms with E-state index >= 15 is 0 Å². The fraction of sp³-hybridized carbons (Fsp3) is 0.417. The Labute approximate surface area is 232 Å². The molecule has 3 aromatic rings. The van der Waals surface area contributed by atoms with Gasteiger partial charge in [0.15, 0.2) is 14.6 Å². The summed E-state index contributed by atoms with van der Waals surface area (Å²) in [4.78, 5) is 42.9. The van der Waals surface area contributed by atoms with Crippen LogP contribution in [0.5, 0.6) is 0 Å². The van der Waals surface area contributed by atoms with Crippen LogP contribution in [0.1, 0.15) is 34.1 Å². The Bertz CT molecular complexity index is 1570. The maximum atomic E-state index is 12.7. The monoisotopic (exact) mass is 599 g/mol. The van der Waals surface area contributed by atoms with Crippen LogP contribution in [0, 0.1) is 0 Å². The molecule has 0 unspecified atom stereocenters. The van der Waals surface area contributed by atoms with Gasteiger partial charge in [-0.05, 0) is 49.9 Å². The van der Waals surface area contributed by atoms with Gasteiger partial charge in [-0.2, -0.15) is 4.99 Å². The number of ether oxygens (including phenoxy) is 2. The van der Waals surface area contributed by atoms with Crippen molar-refractivity contribution in [2.24, 2.45) is 4.99 Å². The Balaban J connectivity index is 1.50. The first-order valence-electron chi connectivity index (χ1n) is 11.8. The summed E-state index contributed by atoms with van der Waals surface area (Å²) < 4.78 is 38.2. The number of esters is 1. The molecule has 0 saturated carbocycles. The highest BCUT2D eigenvalue weighted by molar-refractivity contribution is 7.92. The summed E-state index contributed by atoms with van der Waals surface area (Å²) in [5.41, 5.74) is 1.89. The van der Waals surface area contributed by atoms with E-state index in [4.69, 9.17) is 21.1 Å². The lowest BCUT2D eigenvalue weighted by Gasteiger charge is -2.07. The van der Waals surface area contributed by atoms with Gasteiger partial charge < -0.3 is 19.4 Å². The van der Waals surface area contributed by atoms with Crippen LogP contribution in [0.2, 0.25) is 5.02 Å². The summed E-state index contributed by atoms with van der Waals surface area (Å²) in [6.45, 7) is 3.18. The first kappa shape index (κ1) is 28.4. The van der Waals surface area contributed by atoms with Crippen LogP contribution in [0.15, 0.2) is 23.2 Å². The zero-order chi connectivity index (χ0) is 27.4. The van der Waals surface area contributed by atoms with Crippen LogP contribution in [0.3, 0.4) is 0 Å². The number of halogens is 1. The number of nitrogens with zero attached hydrogens (tertiary/aromatic N) is 2. The van der Waals surface area contributed by atoms with Crippen molar-refractivity contribution in [2.45, 2.75) is 32.7 Å². The largest absolute Gasteiger partial charge is 0.465 e. The molecule has 0 radical (unpaired) electrons. The Kier molecular flexibility index (Phi) is 9.04. The van der Waals surface area contributed by atoms with Gasteiger partial charge in [0.25, 0.3) is 5.91 Å². The second-order valence-corrected chi connectivity index (χ2v) is 13.1. The summed E-state index contributed by atoms with van der Waals surface area (Å²) >= 11 is 8.54. The highest BCUT2D eigenvalue weighted by Crippen LogP contribution is 2.39. The molecule has 2 amide bonds. The van der Waals surface area contributed by atoms with Crippen molar-refractivity contribution in [3.05, 3.63) is 44.0 Å². The number of aromatic nitrogens is 1. The van der Waals surface area contributed by atoms with Crippen molar-refractivity contribution in [3.63, 3.8) is 0 Å². The van der Waals surface area contributed by atoms with E-state index in [2.05, 4.69) is 10.3 Å². The fourth-order valence-corrected chi connectivity index (χ4v) is 7.86. The average Bonchev–Trinajstić information content (AvgIpc) is 3.50. The first-order chi connectivity index (χ1) is 18.1. The van der Waals surface area contributed by atoms with Gasteiger partial charge in [0, 0.05) is 23.1 Å². The van der Waals surface area contributed by atoms with Crippen molar-refractivity contribution in [2.75, 3.05) is 37.1 Å². The number of thiazole rings is 1. The van der Waals surface area contributed by atoms with Crippen LogP contribution in [0.25, 0.3) is 10.2 Å². The number of nitrogens with one attached hydrogen (secondary N) is 1. The second-order valence-electron chi connectivity index (χ2n) is 8.48. The number of carbonyl (C=O) groups is 3. The zero-order valence-electron chi connectivity index (χ0n) is 20.7. The fourth-order valence-electron chi connectivity index (χ4n) is 4.20. The number of sulfone groups is 1. The molecule has 0 fully saturated rings. The van der Waals surface area contributed by atoms with Crippen LogP contribution in [-0.2, 0) is 48.3 Å². The molecule has 1 aliphatic rings. The molecule has 204 valence electrons. The Morgan fingerprint density at radius 2 is 1.97 bits per heavy atom. The zero-order valence-corrected chi connectivity index (χ0v) is 23.9. The van der Waals surface area contributed by atoms with Crippen LogP contribution < -0.4 is 10.1 Å². The molecule has 0 bridgehead atoms. The molecule has 14 heteroatoms. The standard InChI is InChI=1S/C24H26ClN3O7S3/c1-3-35-10-9-28-16-8-7-14(25)11-18(16)37-24(28)27-20(30)13-38(32,33)12-19(29)26-22-21(23(31)34-2)15-5-4-6-17(15)36-22/h7-8,11H,3-6,9-10,12-13H2,1-2H3,(H,26,29). The van der Waals surface area contributed by atoms with E-state index < -0.39 is 39.1 Å². The van der Waals surface area contributed by atoms with Gasteiger partial charge in [0.05, 0.1) is 29.5 Å². The van der Waals surface area contributed by atoms with E-state index in [-0.39, 0.29) is 10.6 Å². The molecule has 4 rings (SSSR count). The van der Waals surface area contributed by atoms with Crippen molar-refractivity contribution in [1.82, 2.24) is 4.57 Å². The van der Waals surface area contributed by atoms with E-state index in [9.17, 15) is 22.8 Å². The SMILES string of the molecule is CCOCCn1c(=NC(=O)CS(=O)(=O)CC(=O)Nc2sc3c(c2C(=O)OC)CCC3)sc2cc(Cl)ccc21. The number of methoxy groups -OCH3 is 1. The summed E-state index contributed by atoms with van der Waals surface area (Å²) in [6, 6.07) is 5.26. The van der Waals surface area contributed by atoms with Gasteiger partial charge in [-0.1, -0.05) is 22.9 Å². The quantitative estimate of drug-likeness (QED) is 0.279. The molecule has 2 heterocycles. The summed E-state index contributed by atoms with van der Waals surface area (Å²) in [7, 11) is -2.89. The lowest BCUT2D eigenvalue weighted by atomic mass is 10.1. The second kappa shape index (κ2) is 12.1. The normalized spacial score (nSPS) is 13.6. The van der Waals surface area contributed by atoms with Crippen molar-refractivity contribution >= 4 is 77.1 Å². The van der Waals surface area contributed by atoms with Gasteiger partial charge in [0.2, 0.25) is 5.91 Å². The molecule has 0 saturated heterocycles. The van der Waals surface area contributed by atoms with Gasteiger partial charge in [-0.15, -0.1) is 11.3 Å². The molecule has 0 aliphatic heterocycles. The topological polar surface area (TPSA) is 133 Å². The molecule has 1 N–H and O–H groups in total. The number of anilines is 1. The minimum absolute atomic E-state index is 0.261. The third-order valence-corrected chi connectivity index (χ3v) is 9.66. The predicted octanol–water partition coefficient (Wildman–Crippen LogP) is 3.21. The lowest BCUT2D eigenvalue weighted by Crippen LogP contribution is -2.28. The molecule has 0 spiro atoms. The summed E-state index contributed by atoms with van der Waals surface area (Å²) in [5, 5.41) is 3.31. The number of hydrogen-bond donors (Lipinski definition) is 1. The number of fused-ring (bicyclic) bond motifs is 2. The van der Waals surface area contributed by atoms with Crippen LogP contribution in [0.4, 0.5) is 5.00 Å². The highest BCUT2D eigenvalue weighted by Gasteiger charge is 2.29. The van der Waals surface area contributed by atoms with Gasteiger partial charge in [-0.25, -0.2) is 13.2 Å². The molecule has 1 aliphatic carbocycles. The van der Waals surface area contributed by atoms with E-state index in [0.29, 0.717) is 36.0 Å². The minimum Gasteiger partial charge on any atom is -0.465 e. The summed E-state index contributed by atoms with van der Waals surface area (Å²) in [5.74, 6) is -4.19. The molecular weight excluding hydrogens is 574 g/mol. The Hall–Kier alpha value is -2.58. The van der Waals surface area contributed by atoms with Crippen LogP contribution in [-0.4, -0.2) is 62.6 Å². The van der Waals surface area contributed by atoms with Crippen molar-refractivity contribution in [3.8, 4) is 0 Å². The number of hydrogen-bond acceptors (Lipinski definition) is 9. The van der Waals surface area contributed by atoms with Gasteiger partial charge >= 0.3 is 5.97 Å². The molecule has 38 heavy (non-hydrogen) atoms. The third kappa shape index (κ3) is 6.52. The maximum absolute atomic E-state index is 12.7. The first-order valence-corrected chi connectivity index (χ1v) is 15.6. The van der Waals surface area contributed by atoms with Crippen LogP contribution >= 0.6 is 34.3 Å². The minimum atomic E-state index is -4.14. The van der Waals surface area contributed by atoms with Gasteiger partial charge in [-0.3, -0.25) is 9.59 Å². The Morgan fingerprint density at radius 1 is 1.18 bits per heavy atom. The lowest BCUT2D eigenvalue weighted by molar-refractivity contribution is -0.115. The van der Waals surface area contributed by atoms with E-state index in [1.165, 1.54) is 29.8 Å². The smallest absolute Gasteiger partial charge is 0.341 e. The van der Waals surface area contributed by atoms with E-state index in [0.717, 1.165) is 33.5 Å². The molecule has 1 aromatic carbocycles. The molecule has 0 atom stereocenters. The number of aryl methyl sites for hydroxylation is 1. The molecule has 2 aromatic heterocycles. The number of benzene rings is 1.